The highest BCUT2D eigenvalue weighted by molar-refractivity contribution is 8.27. The van der Waals surface area contributed by atoms with E-state index in [0.717, 1.165) is 27.7 Å². The number of carbonyl (C=O) groups is 1. The number of benzene rings is 1. The predicted octanol–water partition coefficient (Wildman–Crippen LogP) is 5.63. The highest BCUT2D eigenvalue weighted by Gasteiger charge is 2.35. The van der Waals surface area contributed by atoms with Crippen LogP contribution in [-0.2, 0) is 11.2 Å². The maximum atomic E-state index is 12.9. The lowest BCUT2D eigenvalue weighted by atomic mass is 10.1. The summed E-state index contributed by atoms with van der Waals surface area (Å²) in [5.74, 6) is -0.334. The Hall–Kier alpha value is -3.23. The van der Waals surface area contributed by atoms with E-state index in [9.17, 15) is 4.79 Å². The molecule has 0 radical (unpaired) electrons. The highest BCUT2D eigenvalue weighted by Crippen LogP contribution is 2.32. The van der Waals surface area contributed by atoms with Crippen LogP contribution in [0.5, 0.6) is 0 Å². The van der Waals surface area contributed by atoms with Crippen LogP contribution in [0.4, 0.5) is 0 Å². The van der Waals surface area contributed by atoms with Gasteiger partial charge in [-0.05, 0) is 79.7 Å². The minimum absolute atomic E-state index is 0.0653. The molecule has 6 nitrogen and oxygen atoms in total. The molecular weight excluding hydrogens is 450 g/mol. The molecular formula is C25H23N5OS2. The van der Waals surface area contributed by atoms with E-state index in [1.54, 1.807) is 17.4 Å². The monoisotopic (exact) mass is 473 g/mol. The molecule has 33 heavy (non-hydrogen) atoms. The Labute approximate surface area is 200 Å². The van der Waals surface area contributed by atoms with Crippen molar-refractivity contribution in [3.8, 4) is 5.69 Å². The van der Waals surface area contributed by atoms with Gasteiger partial charge in [0.1, 0.15) is 5.04 Å². The van der Waals surface area contributed by atoms with E-state index >= 15 is 0 Å². The van der Waals surface area contributed by atoms with Crippen molar-refractivity contribution < 1.29 is 4.79 Å². The third-order valence-electron chi connectivity index (χ3n) is 5.84. The summed E-state index contributed by atoms with van der Waals surface area (Å²) in [5, 5.41) is 18.1. The summed E-state index contributed by atoms with van der Waals surface area (Å²) in [6, 6.07) is 12.4. The molecule has 0 saturated heterocycles. The van der Waals surface area contributed by atoms with Crippen LogP contribution in [0.2, 0.25) is 0 Å². The molecule has 0 fully saturated rings. The highest BCUT2D eigenvalue weighted by atomic mass is 32.2. The number of rotatable bonds is 4. The van der Waals surface area contributed by atoms with Gasteiger partial charge < -0.3 is 4.57 Å². The minimum atomic E-state index is -0.400. The second kappa shape index (κ2) is 8.28. The summed E-state index contributed by atoms with van der Waals surface area (Å²) in [6.45, 7) is 8.31. The summed E-state index contributed by atoms with van der Waals surface area (Å²) in [4.78, 5) is 18.3. The number of carbonyl (C=O) groups excluding carboxylic acids is 1. The largest absolute Gasteiger partial charge is 0.317 e. The Morgan fingerprint density at radius 1 is 1.09 bits per heavy atom. The van der Waals surface area contributed by atoms with E-state index in [2.05, 4.69) is 65.8 Å². The molecule has 1 N–H and O–H groups in total. The molecule has 8 heteroatoms. The van der Waals surface area contributed by atoms with Crippen LogP contribution in [0, 0.1) is 33.1 Å². The van der Waals surface area contributed by atoms with Gasteiger partial charge in [0.2, 0.25) is 5.17 Å². The van der Waals surface area contributed by atoms with Gasteiger partial charge in [-0.25, -0.2) is 0 Å². The average molecular weight is 474 g/mol. The number of para-hydroxylation sites is 1. The van der Waals surface area contributed by atoms with Gasteiger partial charge in [-0.2, -0.15) is 15.1 Å². The molecule has 0 bridgehead atoms. The molecule has 0 unspecified atom stereocenters. The molecule has 4 heterocycles. The number of aromatic nitrogens is 1. The number of fused-ring (bicyclic) bond motifs is 1. The molecule has 0 atom stereocenters. The Morgan fingerprint density at radius 2 is 1.85 bits per heavy atom. The van der Waals surface area contributed by atoms with Crippen LogP contribution in [0.25, 0.3) is 11.8 Å². The molecule has 0 aliphatic carbocycles. The van der Waals surface area contributed by atoms with E-state index in [4.69, 9.17) is 5.41 Å². The Bertz CT molecular complexity index is 1370. The number of aliphatic imine (C=N–C) groups is 1. The molecule has 166 valence electrons. The lowest BCUT2D eigenvalue weighted by Crippen LogP contribution is -2.35. The first kappa shape index (κ1) is 21.6. The van der Waals surface area contributed by atoms with Crippen LogP contribution in [0.15, 0.2) is 57.4 Å². The Kier molecular flexibility index (Phi) is 5.42. The lowest BCUT2D eigenvalue weighted by Gasteiger charge is -2.20. The fourth-order valence-corrected chi connectivity index (χ4v) is 5.97. The van der Waals surface area contributed by atoms with Crippen molar-refractivity contribution in [1.29, 1.82) is 5.41 Å². The molecule has 3 aromatic rings. The van der Waals surface area contributed by atoms with Crippen molar-refractivity contribution in [2.75, 3.05) is 0 Å². The molecule has 1 amide bonds. The minimum Gasteiger partial charge on any atom is -0.317 e. The number of amides is 1. The third kappa shape index (κ3) is 3.79. The zero-order chi connectivity index (χ0) is 23.3. The summed E-state index contributed by atoms with van der Waals surface area (Å²) in [5.41, 5.74) is 6.77. The van der Waals surface area contributed by atoms with Gasteiger partial charge in [0.25, 0.3) is 5.91 Å². The van der Waals surface area contributed by atoms with Gasteiger partial charge in [0, 0.05) is 22.7 Å². The molecule has 0 spiro atoms. The number of aryl methyl sites for hydroxylation is 3. The Morgan fingerprint density at radius 3 is 2.55 bits per heavy atom. The molecule has 2 aliphatic rings. The zero-order valence-electron chi connectivity index (χ0n) is 18.8. The van der Waals surface area contributed by atoms with Crippen LogP contribution in [-0.4, -0.2) is 31.5 Å². The zero-order valence-corrected chi connectivity index (χ0v) is 20.5. The van der Waals surface area contributed by atoms with Crippen LogP contribution >= 0.6 is 23.1 Å². The smallest absolute Gasteiger partial charge is 0.283 e. The molecule has 2 aliphatic heterocycles. The quantitative estimate of drug-likeness (QED) is 0.499. The van der Waals surface area contributed by atoms with Crippen LogP contribution < -0.4 is 0 Å². The summed E-state index contributed by atoms with van der Waals surface area (Å²) in [7, 11) is 0. The first-order valence-electron chi connectivity index (χ1n) is 10.6. The van der Waals surface area contributed by atoms with E-state index in [-0.39, 0.29) is 11.4 Å². The number of thioether (sulfide) groups is 1. The van der Waals surface area contributed by atoms with Gasteiger partial charge in [-0.3, -0.25) is 10.2 Å². The number of nitrogens with one attached hydrogen (secondary N) is 1. The first-order valence-corrected chi connectivity index (χ1v) is 12.3. The van der Waals surface area contributed by atoms with Crippen molar-refractivity contribution in [1.82, 2.24) is 9.58 Å². The van der Waals surface area contributed by atoms with Gasteiger partial charge in [-0.1, -0.05) is 24.3 Å². The number of nitrogens with zero attached hydrogens (tertiary/aromatic N) is 4. The number of hydrazone groups is 1. The van der Waals surface area contributed by atoms with Gasteiger partial charge in [0.15, 0.2) is 5.84 Å². The third-order valence-corrected chi connectivity index (χ3v) is 7.62. The van der Waals surface area contributed by atoms with Crippen molar-refractivity contribution >= 4 is 51.1 Å². The van der Waals surface area contributed by atoms with Crippen molar-refractivity contribution in [2.45, 2.75) is 34.1 Å². The summed E-state index contributed by atoms with van der Waals surface area (Å²) < 4.78 is 2.21. The number of hydrogen-bond acceptors (Lipinski definition) is 5. The van der Waals surface area contributed by atoms with E-state index in [1.807, 2.05) is 18.4 Å². The number of thiophene rings is 1. The average Bonchev–Trinajstić information content (AvgIpc) is 3.47. The van der Waals surface area contributed by atoms with E-state index in [0.29, 0.717) is 11.6 Å². The molecule has 0 saturated carbocycles. The topological polar surface area (TPSA) is 73.8 Å². The van der Waals surface area contributed by atoms with Crippen molar-refractivity contribution in [2.24, 2.45) is 10.1 Å². The van der Waals surface area contributed by atoms with Gasteiger partial charge in [-0.15, -0.1) is 11.3 Å². The fourth-order valence-electron chi connectivity index (χ4n) is 4.26. The standard InChI is InChI=1S/C25H23N5OS2/c1-14-7-5-8-15(2)22(14)29-16(3)11-18(17(29)4)12-20-23(26)30-25(27-24(20)31)33-21(28-30)13-19-9-6-10-32-19/h5-12,26H,13H2,1-4H3/b20-12+,26-23?. The molecule has 2 aromatic heterocycles. The SMILES string of the molecule is Cc1cccc(C)c1-n1c(C)cc(/C=C2\C(=N)N3N=C(Cc4cccs4)SC3=NC2=O)c1C. The predicted molar refractivity (Wildman–Crippen MR) is 138 cm³/mol. The van der Waals surface area contributed by atoms with Crippen LogP contribution in [0.1, 0.15) is 33.0 Å². The van der Waals surface area contributed by atoms with Gasteiger partial charge >= 0.3 is 0 Å². The second-order valence-corrected chi connectivity index (χ2v) is 10.2. The normalized spacial score (nSPS) is 17.0. The lowest BCUT2D eigenvalue weighted by molar-refractivity contribution is -0.114. The van der Waals surface area contributed by atoms with Crippen molar-refractivity contribution in [3.63, 3.8) is 0 Å². The fraction of sp³-hybridized carbons (Fsp3) is 0.200. The van der Waals surface area contributed by atoms with E-state index in [1.165, 1.54) is 32.8 Å². The van der Waals surface area contributed by atoms with Gasteiger partial charge in [0.05, 0.1) is 11.3 Å². The maximum absolute atomic E-state index is 12.9. The molecule has 5 rings (SSSR count). The number of amidine groups is 2. The maximum Gasteiger partial charge on any atom is 0.283 e. The summed E-state index contributed by atoms with van der Waals surface area (Å²) >= 11 is 3.02. The first-order chi connectivity index (χ1) is 15.8. The Balaban J connectivity index is 1.50. The molecule has 1 aromatic carbocycles. The summed E-state index contributed by atoms with van der Waals surface area (Å²) in [6.07, 6.45) is 2.45. The number of hydrogen-bond donors (Lipinski definition) is 1. The second-order valence-electron chi connectivity index (χ2n) is 8.17. The van der Waals surface area contributed by atoms with E-state index < -0.39 is 5.91 Å². The van der Waals surface area contributed by atoms with Crippen molar-refractivity contribution in [3.05, 3.63) is 80.3 Å². The van der Waals surface area contributed by atoms with Crippen LogP contribution in [0.3, 0.4) is 0 Å².